The minimum Gasteiger partial charge on any atom is -0.493 e. The quantitative estimate of drug-likeness (QED) is 0.552. The number of nitrogens with one attached hydrogen (secondary N) is 1. The molecule has 0 saturated heterocycles. The van der Waals surface area contributed by atoms with Crippen molar-refractivity contribution in [1.29, 1.82) is 5.41 Å². The van der Waals surface area contributed by atoms with E-state index in [4.69, 9.17) is 15.9 Å². The predicted octanol–water partition coefficient (Wildman–Crippen LogP) is 2.00. The molecule has 0 radical (unpaired) electrons. The molecule has 100 valence electrons. The van der Waals surface area contributed by atoms with E-state index in [0.717, 1.165) is 5.75 Å². The summed E-state index contributed by atoms with van der Waals surface area (Å²) in [5.74, 6) is 0.858. The van der Waals surface area contributed by atoms with Gasteiger partial charge in [-0.15, -0.1) is 0 Å². The highest BCUT2D eigenvalue weighted by molar-refractivity contribution is 5.94. The van der Waals surface area contributed by atoms with Crippen molar-refractivity contribution in [3.63, 3.8) is 0 Å². The molecule has 1 aromatic carbocycles. The molecule has 1 aromatic rings. The molecule has 1 rings (SSSR count). The van der Waals surface area contributed by atoms with Gasteiger partial charge in [-0.1, -0.05) is 20.8 Å². The Morgan fingerprint density at radius 3 is 2.28 bits per heavy atom. The first-order chi connectivity index (χ1) is 8.34. The topological polar surface area (TPSA) is 79.3 Å². The Morgan fingerprint density at radius 1 is 1.33 bits per heavy atom. The van der Waals surface area contributed by atoms with Gasteiger partial charge < -0.3 is 15.6 Å². The van der Waals surface area contributed by atoms with Crippen LogP contribution in [0.1, 0.15) is 26.3 Å². The lowest BCUT2D eigenvalue weighted by molar-refractivity contribution is 0.0818. The Hall–Kier alpha value is -1.55. The Bertz CT molecular complexity index is 393. The van der Waals surface area contributed by atoms with Crippen LogP contribution >= 0.6 is 0 Å². The van der Waals surface area contributed by atoms with Crippen LogP contribution in [-0.4, -0.2) is 24.2 Å². The number of aliphatic hydroxyl groups is 1. The molecule has 0 aliphatic heterocycles. The van der Waals surface area contributed by atoms with Gasteiger partial charge in [-0.05, 0) is 29.7 Å². The fourth-order valence-corrected chi connectivity index (χ4v) is 1.50. The van der Waals surface area contributed by atoms with Crippen LogP contribution < -0.4 is 10.5 Å². The van der Waals surface area contributed by atoms with Crippen molar-refractivity contribution in [3.8, 4) is 5.75 Å². The van der Waals surface area contributed by atoms with Crippen LogP contribution in [0.15, 0.2) is 24.3 Å². The van der Waals surface area contributed by atoms with Crippen LogP contribution in [0.5, 0.6) is 5.75 Å². The van der Waals surface area contributed by atoms with Gasteiger partial charge in [0.1, 0.15) is 11.6 Å². The van der Waals surface area contributed by atoms with Gasteiger partial charge in [0, 0.05) is 18.1 Å². The minimum atomic E-state index is 0.00801. The molecule has 0 spiro atoms. The van der Waals surface area contributed by atoms with Crippen molar-refractivity contribution in [3.05, 3.63) is 29.8 Å². The molecular weight excluding hydrogens is 228 g/mol. The number of ether oxygens (including phenoxy) is 1. The van der Waals surface area contributed by atoms with Crippen molar-refractivity contribution >= 4 is 5.84 Å². The normalized spacial score (nSPS) is 13.1. The molecule has 0 bridgehead atoms. The third-order valence-electron chi connectivity index (χ3n) is 3.06. The number of benzene rings is 1. The summed E-state index contributed by atoms with van der Waals surface area (Å²) in [5, 5.41) is 16.6. The summed E-state index contributed by atoms with van der Waals surface area (Å²) in [6.45, 7) is 6.82. The maximum Gasteiger partial charge on any atom is 0.122 e. The second-order valence-corrected chi connectivity index (χ2v) is 5.49. The Morgan fingerprint density at radius 2 is 1.89 bits per heavy atom. The van der Waals surface area contributed by atoms with Crippen LogP contribution in [0.25, 0.3) is 0 Å². The van der Waals surface area contributed by atoms with Gasteiger partial charge >= 0.3 is 0 Å². The molecule has 4 heteroatoms. The maximum absolute atomic E-state index is 9.33. The van der Waals surface area contributed by atoms with Crippen LogP contribution in [0.2, 0.25) is 0 Å². The lowest BCUT2D eigenvalue weighted by Gasteiger charge is -2.28. The van der Waals surface area contributed by atoms with Crippen molar-refractivity contribution in [2.45, 2.75) is 20.8 Å². The van der Waals surface area contributed by atoms with E-state index in [0.29, 0.717) is 12.2 Å². The fourth-order valence-electron chi connectivity index (χ4n) is 1.50. The number of nitrogens with two attached hydrogens (primary N) is 1. The summed E-state index contributed by atoms with van der Waals surface area (Å²) in [6.07, 6.45) is 0. The first kappa shape index (κ1) is 14.5. The molecule has 0 amide bonds. The highest BCUT2D eigenvalue weighted by Gasteiger charge is 2.24. The molecule has 4 nitrogen and oxygen atoms in total. The van der Waals surface area contributed by atoms with Crippen LogP contribution in [0, 0.1) is 16.7 Å². The lowest BCUT2D eigenvalue weighted by atomic mass is 9.82. The predicted molar refractivity (Wildman–Crippen MR) is 73.0 cm³/mol. The van der Waals surface area contributed by atoms with Crippen molar-refractivity contribution in [1.82, 2.24) is 0 Å². The zero-order valence-electron chi connectivity index (χ0n) is 11.2. The summed E-state index contributed by atoms with van der Waals surface area (Å²) in [7, 11) is 0. The van der Waals surface area contributed by atoms with Crippen molar-refractivity contribution < 1.29 is 9.84 Å². The van der Waals surface area contributed by atoms with E-state index < -0.39 is 0 Å². The lowest BCUT2D eigenvalue weighted by Crippen LogP contribution is -2.29. The molecule has 0 heterocycles. The molecule has 0 aromatic heterocycles. The number of hydrogen-bond donors (Lipinski definition) is 3. The van der Waals surface area contributed by atoms with E-state index >= 15 is 0 Å². The SMILES string of the molecule is CC(C)(C)[C@H](CO)COc1ccc(C(=N)N)cc1. The number of aliphatic hydroxyl groups excluding tert-OH is 1. The van der Waals surface area contributed by atoms with E-state index in [9.17, 15) is 5.11 Å². The molecule has 0 aliphatic carbocycles. The van der Waals surface area contributed by atoms with Gasteiger partial charge in [0.25, 0.3) is 0 Å². The summed E-state index contributed by atoms with van der Waals surface area (Å²) in [6, 6.07) is 7.08. The largest absolute Gasteiger partial charge is 0.493 e. The molecule has 0 fully saturated rings. The van der Waals surface area contributed by atoms with E-state index in [-0.39, 0.29) is 23.8 Å². The highest BCUT2D eigenvalue weighted by atomic mass is 16.5. The fraction of sp³-hybridized carbons (Fsp3) is 0.500. The van der Waals surface area contributed by atoms with E-state index in [1.54, 1.807) is 24.3 Å². The Balaban J connectivity index is 2.60. The first-order valence-corrected chi connectivity index (χ1v) is 6.02. The van der Waals surface area contributed by atoms with Crippen molar-refractivity contribution in [2.24, 2.45) is 17.1 Å². The average molecular weight is 250 g/mol. The summed E-state index contributed by atoms with van der Waals surface area (Å²) in [5.41, 5.74) is 6.06. The monoisotopic (exact) mass is 250 g/mol. The zero-order chi connectivity index (χ0) is 13.8. The molecule has 1 atom stereocenters. The molecule has 18 heavy (non-hydrogen) atoms. The first-order valence-electron chi connectivity index (χ1n) is 6.02. The van der Waals surface area contributed by atoms with Gasteiger partial charge in [0.05, 0.1) is 6.61 Å². The molecular formula is C14H22N2O2. The average Bonchev–Trinajstić information content (AvgIpc) is 2.28. The van der Waals surface area contributed by atoms with Crippen LogP contribution in [0.4, 0.5) is 0 Å². The Labute approximate surface area is 108 Å². The number of amidine groups is 1. The smallest absolute Gasteiger partial charge is 0.122 e. The number of hydrogen-bond acceptors (Lipinski definition) is 3. The third kappa shape index (κ3) is 4.04. The number of rotatable bonds is 5. The summed E-state index contributed by atoms with van der Waals surface area (Å²) < 4.78 is 5.65. The van der Waals surface area contributed by atoms with Crippen molar-refractivity contribution in [2.75, 3.05) is 13.2 Å². The van der Waals surface area contributed by atoms with E-state index in [2.05, 4.69) is 20.8 Å². The van der Waals surface area contributed by atoms with Gasteiger partial charge in [-0.3, -0.25) is 5.41 Å². The molecule has 4 N–H and O–H groups in total. The van der Waals surface area contributed by atoms with E-state index in [1.165, 1.54) is 0 Å². The van der Waals surface area contributed by atoms with E-state index in [1.807, 2.05) is 0 Å². The Kier molecular flexibility index (Phi) is 4.73. The van der Waals surface area contributed by atoms with Gasteiger partial charge in [0.2, 0.25) is 0 Å². The summed E-state index contributed by atoms with van der Waals surface area (Å²) >= 11 is 0. The summed E-state index contributed by atoms with van der Waals surface area (Å²) in [4.78, 5) is 0. The minimum absolute atomic E-state index is 0.00801. The zero-order valence-corrected chi connectivity index (χ0v) is 11.2. The van der Waals surface area contributed by atoms with Gasteiger partial charge in [0.15, 0.2) is 0 Å². The highest BCUT2D eigenvalue weighted by Crippen LogP contribution is 2.26. The van der Waals surface area contributed by atoms with Crippen LogP contribution in [-0.2, 0) is 0 Å². The second kappa shape index (κ2) is 5.87. The standard InChI is InChI=1S/C14H22N2O2/c1-14(2,3)11(8-17)9-18-12-6-4-10(5-7-12)13(15)16/h4-7,11,17H,8-9H2,1-3H3,(H3,15,16)/t11-/m1/s1. The maximum atomic E-state index is 9.33. The van der Waals surface area contributed by atoms with Gasteiger partial charge in [-0.2, -0.15) is 0 Å². The van der Waals surface area contributed by atoms with Crippen LogP contribution in [0.3, 0.4) is 0 Å². The molecule has 0 aliphatic rings. The number of nitrogen functional groups attached to an aromatic ring is 1. The second-order valence-electron chi connectivity index (χ2n) is 5.49. The molecule has 0 saturated carbocycles. The third-order valence-corrected chi connectivity index (χ3v) is 3.06. The molecule has 0 unspecified atom stereocenters. The van der Waals surface area contributed by atoms with Gasteiger partial charge in [-0.25, -0.2) is 0 Å².